The highest BCUT2D eigenvalue weighted by molar-refractivity contribution is 7.54. The second kappa shape index (κ2) is 7.42. The molecule has 14 heavy (non-hydrogen) atoms. The predicted octanol–water partition coefficient (Wildman–Crippen LogP) is 2.06. The molecular formula is C10H13O3P. The van der Waals surface area contributed by atoms with Gasteiger partial charge in [0.2, 0.25) is 0 Å². The fourth-order valence-electron chi connectivity index (χ4n) is 0.629. The molecule has 0 radical (unpaired) electrons. The van der Waals surface area contributed by atoms with Crippen molar-refractivity contribution in [2.75, 3.05) is 19.4 Å². The van der Waals surface area contributed by atoms with Crippen molar-refractivity contribution in [3.63, 3.8) is 0 Å². The molecule has 0 N–H and O–H groups in total. The van der Waals surface area contributed by atoms with Crippen LogP contribution in [0.15, 0.2) is 12.2 Å². The molecule has 0 amide bonds. The molecule has 0 aromatic rings. The monoisotopic (exact) mass is 212 g/mol. The van der Waals surface area contributed by atoms with Crippen LogP contribution in [-0.4, -0.2) is 19.4 Å². The minimum Gasteiger partial charge on any atom is -0.304 e. The van der Waals surface area contributed by atoms with E-state index < -0.39 is 7.60 Å². The van der Waals surface area contributed by atoms with E-state index in [1.807, 2.05) is 6.92 Å². The largest absolute Gasteiger partial charge is 0.343 e. The molecule has 0 heterocycles. The summed E-state index contributed by atoms with van der Waals surface area (Å²) in [5.74, 6) is 4.45. The molecule has 1 atom stereocenters. The molecule has 0 aliphatic heterocycles. The molecule has 0 saturated heterocycles. The highest BCUT2D eigenvalue weighted by atomic mass is 31.2. The Hall–Kier alpha value is -0.990. The third kappa shape index (κ3) is 5.62. The lowest BCUT2D eigenvalue weighted by atomic mass is 10.6. The van der Waals surface area contributed by atoms with E-state index in [0.29, 0.717) is 0 Å². The van der Waals surface area contributed by atoms with Crippen LogP contribution in [-0.2, 0) is 13.6 Å². The number of terminal acetylenes is 2. The Labute approximate surface area is 85.0 Å². The van der Waals surface area contributed by atoms with Gasteiger partial charge in [0.05, 0.1) is 6.61 Å². The third-order valence-electron chi connectivity index (χ3n) is 1.23. The van der Waals surface area contributed by atoms with Gasteiger partial charge in [-0.05, 0) is 6.92 Å². The summed E-state index contributed by atoms with van der Waals surface area (Å²) in [6.07, 6.45) is 13.4. The van der Waals surface area contributed by atoms with Gasteiger partial charge in [-0.15, -0.1) is 12.8 Å². The molecule has 1 unspecified atom stereocenters. The molecule has 0 saturated carbocycles. The summed E-state index contributed by atoms with van der Waals surface area (Å²) in [6, 6.07) is 0. The Balaban J connectivity index is 4.19. The summed E-state index contributed by atoms with van der Waals surface area (Å²) in [5, 5.41) is 0. The maximum Gasteiger partial charge on any atom is 0.343 e. The van der Waals surface area contributed by atoms with Crippen molar-refractivity contribution in [2.24, 2.45) is 0 Å². The minimum atomic E-state index is -3.20. The number of hydrogen-bond donors (Lipinski definition) is 0. The summed E-state index contributed by atoms with van der Waals surface area (Å²) < 4.78 is 21.6. The van der Waals surface area contributed by atoms with Crippen LogP contribution in [0.2, 0.25) is 0 Å². The van der Waals surface area contributed by atoms with Crippen molar-refractivity contribution in [2.45, 2.75) is 6.92 Å². The molecule has 0 aliphatic carbocycles. The highest BCUT2D eigenvalue weighted by Crippen LogP contribution is 2.47. The number of hydrogen-bond acceptors (Lipinski definition) is 3. The maximum absolute atomic E-state index is 11.7. The first-order valence-electron chi connectivity index (χ1n) is 4.04. The average Bonchev–Trinajstić information content (AvgIpc) is 2.16. The Kier molecular flexibility index (Phi) is 6.89. The van der Waals surface area contributed by atoms with Crippen LogP contribution in [0.5, 0.6) is 0 Å². The number of rotatable bonds is 6. The summed E-state index contributed by atoms with van der Waals surface area (Å²) >= 11 is 0. The minimum absolute atomic E-state index is 0.0607. The van der Waals surface area contributed by atoms with Gasteiger partial charge in [0.1, 0.15) is 12.8 Å². The lowest BCUT2D eigenvalue weighted by Gasteiger charge is -2.13. The Bertz CT molecular complexity index is 306. The van der Waals surface area contributed by atoms with Crippen LogP contribution >= 0.6 is 7.60 Å². The van der Waals surface area contributed by atoms with E-state index in [9.17, 15) is 4.57 Å². The molecule has 0 aromatic carbocycles. The summed E-state index contributed by atoms with van der Waals surface area (Å²) in [4.78, 5) is 0. The van der Waals surface area contributed by atoms with Crippen molar-refractivity contribution < 1.29 is 13.6 Å². The zero-order valence-electron chi connectivity index (χ0n) is 8.10. The Morgan fingerprint density at radius 3 is 2.57 bits per heavy atom. The van der Waals surface area contributed by atoms with E-state index in [2.05, 4.69) is 11.8 Å². The summed E-state index contributed by atoms with van der Waals surface area (Å²) in [5.41, 5.74) is 0. The van der Waals surface area contributed by atoms with Crippen molar-refractivity contribution in [3.05, 3.63) is 12.2 Å². The molecule has 0 bridgehead atoms. The highest BCUT2D eigenvalue weighted by Gasteiger charge is 2.22. The van der Waals surface area contributed by atoms with Crippen molar-refractivity contribution in [1.29, 1.82) is 0 Å². The topological polar surface area (TPSA) is 35.5 Å². The van der Waals surface area contributed by atoms with Crippen LogP contribution in [0, 0.1) is 24.7 Å². The van der Waals surface area contributed by atoms with E-state index in [1.165, 1.54) is 0 Å². The zero-order valence-corrected chi connectivity index (χ0v) is 9.00. The first-order valence-corrected chi connectivity index (χ1v) is 5.77. The van der Waals surface area contributed by atoms with Gasteiger partial charge in [0.15, 0.2) is 0 Å². The summed E-state index contributed by atoms with van der Waals surface area (Å²) in [7, 11) is -3.20. The molecule has 0 spiro atoms. The van der Waals surface area contributed by atoms with E-state index >= 15 is 0 Å². The first kappa shape index (κ1) is 13.0. The normalized spacial score (nSPS) is 14.5. The molecule has 3 nitrogen and oxygen atoms in total. The van der Waals surface area contributed by atoms with E-state index in [-0.39, 0.29) is 19.4 Å². The second-order valence-corrected chi connectivity index (χ2v) is 4.37. The van der Waals surface area contributed by atoms with E-state index in [1.54, 1.807) is 12.2 Å². The molecule has 0 fully saturated rings. The van der Waals surface area contributed by atoms with Crippen molar-refractivity contribution in [3.8, 4) is 24.7 Å². The fourth-order valence-corrected chi connectivity index (χ4v) is 1.69. The molecule has 0 rings (SSSR count). The summed E-state index contributed by atoms with van der Waals surface area (Å²) in [6.45, 7) is 1.98. The van der Waals surface area contributed by atoms with Crippen LogP contribution < -0.4 is 0 Å². The van der Waals surface area contributed by atoms with Crippen LogP contribution in [0.3, 0.4) is 0 Å². The maximum atomic E-state index is 11.7. The van der Waals surface area contributed by atoms with Crippen LogP contribution in [0.4, 0.5) is 0 Å². The molecule has 76 valence electrons. The number of allylic oxidation sites excluding steroid dienone is 1. The lowest BCUT2D eigenvalue weighted by molar-refractivity contribution is 0.242. The van der Waals surface area contributed by atoms with Gasteiger partial charge in [0.25, 0.3) is 0 Å². The predicted molar refractivity (Wildman–Crippen MR) is 56.9 cm³/mol. The lowest BCUT2D eigenvalue weighted by Crippen LogP contribution is -1.99. The standard InChI is InChI=1S/C10H13O3P/c1-4-7-9-13-14(11,10-6-3)12-8-5-2/h2-4,7H,8-10H2,1H3. The van der Waals surface area contributed by atoms with Crippen LogP contribution in [0.1, 0.15) is 6.92 Å². The molecule has 0 aromatic heterocycles. The smallest absolute Gasteiger partial charge is 0.304 e. The third-order valence-corrected chi connectivity index (χ3v) is 2.87. The van der Waals surface area contributed by atoms with Crippen molar-refractivity contribution >= 4 is 7.60 Å². The van der Waals surface area contributed by atoms with E-state index in [4.69, 9.17) is 21.9 Å². The SMILES string of the molecule is C#CCOP(=O)(CC#C)OCC=CC. The van der Waals surface area contributed by atoms with Crippen LogP contribution in [0.25, 0.3) is 0 Å². The van der Waals surface area contributed by atoms with Gasteiger partial charge in [-0.25, -0.2) is 0 Å². The first-order chi connectivity index (χ1) is 6.68. The van der Waals surface area contributed by atoms with Gasteiger partial charge < -0.3 is 4.52 Å². The van der Waals surface area contributed by atoms with Gasteiger partial charge in [-0.3, -0.25) is 9.09 Å². The fraction of sp³-hybridized carbons (Fsp3) is 0.400. The van der Waals surface area contributed by atoms with Gasteiger partial charge in [-0.1, -0.05) is 24.0 Å². The average molecular weight is 212 g/mol. The second-order valence-electron chi connectivity index (χ2n) is 2.32. The quantitative estimate of drug-likeness (QED) is 0.384. The Morgan fingerprint density at radius 1 is 1.36 bits per heavy atom. The molecule has 4 heteroatoms. The van der Waals surface area contributed by atoms with Gasteiger partial charge in [-0.2, -0.15) is 0 Å². The van der Waals surface area contributed by atoms with Crippen molar-refractivity contribution in [1.82, 2.24) is 0 Å². The Morgan fingerprint density at radius 2 is 2.07 bits per heavy atom. The van der Waals surface area contributed by atoms with Gasteiger partial charge >= 0.3 is 7.60 Å². The van der Waals surface area contributed by atoms with E-state index in [0.717, 1.165) is 0 Å². The zero-order chi connectivity index (χ0) is 10.9. The molecule has 0 aliphatic rings. The molecular weight excluding hydrogens is 199 g/mol. The van der Waals surface area contributed by atoms with Gasteiger partial charge in [0, 0.05) is 0 Å².